The van der Waals surface area contributed by atoms with Crippen LogP contribution in [0.5, 0.6) is 17.2 Å². The minimum atomic E-state index is -0.243. The Kier molecular flexibility index (Phi) is 5.11. The molecule has 0 spiro atoms. The van der Waals surface area contributed by atoms with E-state index < -0.39 is 0 Å². The third-order valence-corrected chi connectivity index (χ3v) is 6.01. The number of benzene rings is 2. The highest BCUT2D eigenvalue weighted by atomic mass is 127. The lowest BCUT2D eigenvalue weighted by atomic mass is 10.2. The van der Waals surface area contributed by atoms with Crippen LogP contribution in [0.2, 0.25) is 0 Å². The zero-order chi connectivity index (χ0) is 14.5. The monoisotopic (exact) mass is 385 g/mol. The predicted octanol–water partition coefficient (Wildman–Crippen LogP) is 0.149. The maximum Gasteiger partial charge on any atom is 0.358 e. The number of hydrogen-bond acceptors (Lipinski definition) is 3. The Morgan fingerprint density at radius 1 is 0.800 bits per heavy atom. The van der Waals surface area contributed by atoms with E-state index in [0.717, 1.165) is 17.2 Å². The second kappa shape index (κ2) is 6.83. The van der Waals surface area contributed by atoms with Gasteiger partial charge in [0.05, 0.1) is 21.3 Å². The normalized spacial score (nSPS) is 10.2. The van der Waals surface area contributed by atoms with Gasteiger partial charge in [0.25, 0.3) is 0 Å². The fourth-order valence-corrected chi connectivity index (χ4v) is 4.22. The highest BCUT2D eigenvalue weighted by Gasteiger charge is 2.21. The average Bonchev–Trinajstić information content (AvgIpc) is 2.49. The van der Waals surface area contributed by atoms with Gasteiger partial charge in [0, 0.05) is 11.6 Å². The van der Waals surface area contributed by atoms with Gasteiger partial charge in [0.2, 0.25) is 3.57 Å². The summed E-state index contributed by atoms with van der Waals surface area (Å²) in [6, 6.07) is 12.4. The van der Waals surface area contributed by atoms with Gasteiger partial charge in [-0.05, 0) is 37.3 Å². The Labute approximate surface area is 130 Å². The summed E-state index contributed by atoms with van der Waals surface area (Å²) in [4.78, 5) is 0. The van der Waals surface area contributed by atoms with Crippen molar-refractivity contribution in [1.82, 2.24) is 0 Å². The van der Waals surface area contributed by atoms with Crippen molar-refractivity contribution in [2.75, 3.05) is 21.3 Å². The molecule has 2 rings (SSSR count). The maximum atomic E-state index is 5.38. The molecule has 0 bridgehead atoms. The predicted molar refractivity (Wildman–Crippen MR) is 74.7 cm³/mol. The Hall–Kier alpha value is -1.43. The second-order valence-electron chi connectivity index (χ2n) is 4.21. The maximum absolute atomic E-state index is 5.38. The summed E-state index contributed by atoms with van der Waals surface area (Å²) in [5.41, 5.74) is 1.24. The molecule has 2 aromatic carbocycles. The highest BCUT2D eigenvalue weighted by molar-refractivity contribution is 5.42. The number of methoxy groups -OCH3 is 3. The molecule has 2 aromatic rings. The molecule has 0 radical (unpaired) electrons. The van der Waals surface area contributed by atoms with Crippen LogP contribution in [0.15, 0.2) is 36.4 Å². The minimum absolute atomic E-state index is 0.243. The molecule has 0 heterocycles. The number of aryl methyl sites for hydroxylation is 1. The SMILES string of the molecule is COc1ccc([I+]c2cc(OC)c(OC)cc2C)cc1. The Balaban J connectivity index is 2.27. The quantitative estimate of drug-likeness (QED) is 0.686. The first-order valence-corrected chi connectivity index (χ1v) is 8.35. The van der Waals surface area contributed by atoms with Crippen LogP contribution in [0.25, 0.3) is 0 Å². The van der Waals surface area contributed by atoms with E-state index in [1.165, 1.54) is 12.7 Å². The first-order valence-electron chi connectivity index (χ1n) is 6.19. The van der Waals surface area contributed by atoms with Crippen molar-refractivity contribution in [2.24, 2.45) is 0 Å². The summed E-state index contributed by atoms with van der Waals surface area (Å²) in [7, 11) is 5.01. The second-order valence-corrected chi connectivity index (χ2v) is 7.16. The molecule has 106 valence electrons. The van der Waals surface area contributed by atoms with Crippen LogP contribution >= 0.6 is 0 Å². The molecule has 0 fully saturated rings. The van der Waals surface area contributed by atoms with Crippen molar-refractivity contribution in [3.05, 3.63) is 49.1 Å². The Morgan fingerprint density at radius 2 is 1.40 bits per heavy atom. The molecule has 0 unspecified atom stereocenters. The molecule has 0 aliphatic carbocycles. The molecular formula is C16H18IO3+. The van der Waals surface area contributed by atoms with Gasteiger partial charge in [-0.3, -0.25) is 0 Å². The van der Waals surface area contributed by atoms with Crippen LogP contribution in [0, 0.1) is 14.1 Å². The summed E-state index contributed by atoms with van der Waals surface area (Å²) in [6.45, 7) is 2.11. The topological polar surface area (TPSA) is 27.7 Å². The summed E-state index contributed by atoms with van der Waals surface area (Å²) < 4.78 is 18.6. The van der Waals surface area contributed by atoms with E-state index in [2.05, 4.69) is 25.1 Å². The van der Waals surface area contributed by atoms with Gasteiger partial charge in [-0.15, -0.1) is 0 Å². The van der Waals surface area contributed by atoms with Gasteiger partial charge < -0.3 is 14.2 Å². The van der Waals surface area contributed by atoms with Crippen LogP contribution in [-0.4, -0.2) is 21.3 Å². The van der Waals surface area contributed by atoms with Gasteiger partial charge in [0.15, 0.2) is 15.1 Å². The zero-order valence-corrected chi connectivity index (χ0v) is 14.2. The molecule has 0 aliphatic rings. The van der Waals surface area contributed by atoms with E-state index in [1.54, 1.807) is 21.3 Å². The molecule has 0 saturated carbocycles. The zero-order valence-electron chi connectivity index (χ0n) is 12.1. The molecule has 0 amide bonds. The molecule has 0 atom stereocenters. The van der Waals surface area contributed by atoms with E-state index in [1.807, 2.05) is 18.2 Å². The lowest BCUT2D eigenvalue weighted by Crippen LogP contribution is -3.61. The first-order chi connectivity index (χ1) is 9.67. The smallest absolute Gasteiger partial charge is 0.358 e. The van der Waals surface area contributed by atoms with E-state index >= 15 is 0 Å². The average molecular weight is 385 g/mol. The van der Waals surface area contributed by atoms with Crippen molar-refractivity contribution in [2.45, 2.75) is 6.92 Å². The van der Waals surface area contributed by atoms with Crippen LogP contribution < -0.4 is 35.4 Å². The first kappa shape index (κ1) is 15.0. The molecule has 0 aliphatic heterocycles. The van der Waals surface area contributed by atoms with Crippen molar-refractivity contribution < 1.29 is 35.4 Å². The van der Waals surface area contributed by atoms with E-state index in [0.29, 0.717) is 0 Å². The van der Waals surface area contributed by atoms with Crippen LogP contribution in [0.3, 0.4) is 0 Å². The molecular weight excluding hydrogens is 367 g/mol. The van der Waals surface area contributed by atoms with Crippen LogP contribution in [-0.2, 0) is 0 Å². The molecule has 3 nitrogen and oxygen atoms in total. The summed E-state index contributed by atoms with van der Waals surface area (Å²) in [5.74, 6) is 2.47. The third kappa shape index (κ3) is 3.36. The summed E-state index contributed by atoms with van der Waals surface area (Å²) in [6.07, 6.45) is 0. The van der Waals surface area contributed by atoms with Gasteiger partial charge in [0.1, 0.15) is 5.75 Å². The van der Waals surface area contributed by atoms with Crippen LogP contribution in [0.4, 0.5) is 0 Å². The fraction of sp³-hybridized carbons (Fsp3) is 0.250. The number of ether oxygens (including phenoxy) is 3. The number of hydrogen-bond donors (Lipinski definition) is 0. The van der Waals surface area contributed by atoms with Crippen molar-refractivity contribution in [1.29, 1.82) is 0 Å². The summed E-state index contributed by atoms with van der Waals surface area (Å²) >= 11 is -0.243. The molecule has 20 heavy (non-hydrogen) atoms. The standard InChI is InChI=1S/C16H18IO3/c1-11-9-15(19-3)16(20-4)10-14(11)17-12-5-7-13(18-2)8-6-12/h5-10H,1-4H3/q+1. The lowest BCUT2D eigenvalue weighted by Gasteiger charge is -2.07. The minimum Gasteiger partial charge on any atom is -0.497 e. The lowest BCUT2D eigenvalue weighted by molar-refractivity contribution is -0.598. The van der Waals surface area contributed by atoms with Crippen molar-refractivity contribution >= 4 is 0 Å². The van der Waals surface area contributed by atoms with Gasteiger partial charge >= 0.3 is 21.2 Å². The molecule has 0 aromatic heterocycles. The molecule has 4 heteroatoms. The van der Waals surface area contributed by atoms with Crippen molar-refractivity contribution in [3.8, 4) is 17.2 Å². The number of rotatable bonds is 5. The van der Waals surface area contributed by atoms with E-state index in [-0.39, 0.29) is 21.2 Å². The van der Waals surface area contributed by atoms with Crippen molar-refractivity contribution in [3.63, 3.8) is 0 Å². The van der Waals surface area contributed by atoms with Crippen LogP contribution in [0.1, 0.15) is 5.56 Å². The van der Waals surface area contributed by atoms with E-state index in [9.17, 15) is 0 Å². The fourth-order valence-electron chi connectivity index (χ4n) is 1.81. The largest absolute Gasteiger partial charge is 0.497 e. The van der Waals surface area contributed by atoms with E-state index in [4.69, 9.17) is 14.2 Å². The Bertz CT molecular complexity index is 579. The highest BCUT2D eigenvalue weighted by Crippen LogP contribution is 2.27. The van der Waals surface area contributed by atoms with Gasteiger partial charge in [-0.2, -0.15) is 0 Å². The third-order valence-electron chi connectivity index (χ3n) is 2.93. The summed E-state index contributed by atoms with van der Waals surface area (Å²) in [5, 5.41) is 0. The Morgan fingerprint density at radius 3 is 1.95 bits per heavy atom. The molecule has 0 saturated heterocycles. The molecule has 0 N–H and O–H groups in total. The number of halogens is 1. The van der Waals surface area contributed by atoms with Gasteiger partial charge in [-0.1, -0.05) is 0 Å². The van der Waals surface area contributed by atoms with Gasteiger partial charge in [-0.25, -0.2) is 0 Å².